The molecule has 1 N–H and O–H groups in total. The van der Waals surface area contributed by atoms with Crippen molar-refractivity contribution in [2.75, 3.05) is 0 Å². The Morgan fingerprint density at radius 1 is 0.952 bits per heavy atom. The second kappa shape index (κ2) is 7.20. The van der Waals surface area contributed by atoms with Gasteiger partial charge in [-0.05, 0) is 37.3 Å². The summed E-state index contributed by atoms with van der Waals surface area (Å²) in [5, 5.41) is 16.8. The molecule has 0 heterocycles. The highest BCUT2D eigenvalue weighted by Crippen LogP contribution is 2.08. The summed E-state index contributed by atoms with van der Waals surface area (Å²) in [7, 11) is -4.02. The molecule has 2 aromatic rings. The second-order valence-electron chi connectivity index (χ2n) is 4.09. The first kappa shape index (κ1) is 16.4. The van der Waals surface area contributed by atoms with E-state index in [1.807, 2.05) is 19.1 Å². The lowest BCUT2D eigenvalue weighted by molar-refractivity contribution is 0.483. The highest BCUT2D eigenvalue weighted by Gasteiger charge is 2.06. The average molecular weight is 300 g/mol. The quantitative estimate of drug-likeness (QED) is 0.816. The third-order valence-electron chi connectivity index (χ3n) is 2.44. The monoisotopic (exact) mass is 300 g/mol. The summed E-state index contributed by atoms with van der Waals surface area (Å²) < 4.78 is 29.6. The molecular weight excluding hydrogens is 288 g/mol. The van der Waals surface area contributed by atoms with Gasteiger partial charge in [-0.25, -0.2) is 0 Å². The van der Waals surface area contributed by atoms with Gasteiger partial charge in [-0.1, -0.05) is 23.8 Å². The van der Waals surface area contributed by atoms with Crippen molar-refractivity contribution in [2.45, 2.75) is 11.8 Å². The van der Waals surface area contributed by atoms with E-state index in [1.54, 1.807) is 36.4 Å². The molecule has 0 spiro atoms. The lowest BCUT2D eigenvalue weighted by atomic mass is 10.2. The Bertz CT molecular complexity index is 769. The van der Waals surface area contributed by atoms with Crippen molar-refractivity contribution in [3.63, 3.8) is 0 Å². The van der Waals surface area contributed by atoms with Crippen molar-refractivity contribution < 1.29 is 13.0 Å². The summed E-state index contributed by atoms with van der Waals surface area (Å²) in [5.74, 6) is 0. The largest absolute Gasteiger partial charge is 0.294 e. The molecule has 21 heavy (non-hydrogen) atoms. The third kappa shape index (κ3) is 5.45. The molecule has 6 heteroatoms. The summed E-state index contributed by atoms with van der Waals surface area (Å²) in [6.45, 7) is 1.84. The molecule has 0 atom stereocenters. The third-order valence-corrected chi connectivity index (χ3v) is 3.31. The van der Waals surface area contributed by atoms with Gasteiger partial charge in [-0.15, -0.1) is 0 Å². The molecule has 0 aliphatic carbocycles. The summed E-state index contributed by atoms with van der Waals surface area (Å²) in [4.78, 5) is -0.0666. The number of benzene rings is 2. The Labute approximate surface area is 123 Å². The number of hydrogen-bond acceptors (Lipinski definition) is 4. The van der Waals surface area contributed by atoms with Crippen LogP contribution in [0.3, 0.4) is 0 Å². The topological polar surface area (TPSA) is 102 Å². The minimum atomic E-state index is -4.02. The first-order valence-corrected chi connectivity index (χ1v) is 7.25. The molecule has 0 radical (unpaired) electrons. The van der Waals surface area contributed by atoms with Gasteiger partial charge in [0.25, 0.3) is 10.1 Å². The first-order chi connectivity index (χ1) is 9.86. The summed E-state index contributed by atoms with van der Waals surface area (Å²) in [5.41, 5.74) is 2.01. The summed E-state index contributed by atoms with van der Waals surface area (Å²) >= 11 is 0. The Hall–Kier alpha value is -2.67. The molecule has 2 rings (SSSR count). The number of nitriles is 2. The number of nitrogens with zero attached hydrogens (tertiary/aromatic N) is 2. The zero-order chi connectivity index (χ0) is 15.9. The van der Waals surface area contributed by atoms with E-state index in [1.165, 1.54) is 12.1 Å². The first-order valence-electron chi connectivity index (χ1n) is 5.81. The molecule has 0 bridgehead atoms. The van der Waals surface area contributed by atoms with E-state index in [0.717, 1.165) is 5.56 Å². The highest BCUT2D eigenvalue weighted by atomic mass is 32.2. The molecule has 0 saturated carbocycles. The predicted molar refractivity (Wildman–Crippen MR) is 76.9 cm³/mol. The maximum absolute atomic E-state index is 10.5. The van der Waals surface area contributed by atoms with Gasteiger partial charge in [0, 0.05) is 0 Å². The zero-order valence-corrected chi connectivity index (χ0v) is 12.0. The molecule has 0 unspecified atom stereocenters. The molecule has 106 valence electrons. The lowest BCUT2D eigenvalue weighted by Crippen LogP contribution is -1.96. The zero-order valence-electron chi connectivity index (χ0n) is 11.2. The standard InChI is InChI=1S/C8H4N2.C7H8O3S/c9-5-7-2-1-3-8(4-7)6-10;1-6-2-4-7(5-3-6)11(8,9)10/h1-4H;2-5H,1H3,(H,8,9,10). The molecule has 0 fully saturated rings. The van der Waals surface area contributed by atoms with E-state index >= 15 is 0 Å². The van der Waals surface area contributed by atoms with Crippen LogP contribution in [0.4, 0.5) is 0 Å². The maximum atomic E-state index is 10.5. The van der Waals surface area contributed by atoms with E-state index < -0.39 is 10.1 Å². The second-order valence-corrected chi connectivity index (χ2v) is 5.51. The van der Waals surface area contributed by atoms with E-state index in [-0.39, 0.29) is 4.90 Å². The van der Waals surface area contributed by atoms with Crippen molar-refractivity contribution in [3.05, 3.63) is 65.2 Å². The van der Waals surface area contributed by atoms with Crippen LogP contribution in [-0.2, 0) is 10.1 Å². The smallest absolute Gasteiger partial charge is 0.282 e. The maximum Gasteiger partial charge on any atom is 0.294 e. The van der Waals surface area contributed by atoms with Gasteiger partial charge in [0.2, 0.25) is 0 Å². The molecule has 0 aromatic heterocycles. The van der Waals surface area contributed by atoms with Crippen molar-refractivity contribution in [3.8, 4) is 12.1 Å². The van der Waals surface area contributed by atoms with Crippen LogP contribution in [0.25, 0.3) is 0 Å². The van der Waals surface area contributed by atoms with Crippen molar-refractivity contribution >= 4 is 10.1 Å². The van der Waals surface area contributed by atoms with Crippen LogP contribution in [0.5, 0.6) is 0 Å². The molecule has 0 amide bonds. The Kier molecular flexibility index (Phi) is 5.62. The minimum absolute atomic E-state index is 0.0666. The van der Waals surface area contributed by atoms with Gasteiger partial charge < -0.3 is 0 Å². The minimum Gasteiger partial charge on any atom is -0.282 e. The molecule has 0 aliphatic rings. The number of rotatable bonds is 1. The number of aryl methyl sites for hydroxylation is 1. The van der Waals surface area contributed by atoms with Crippen molar-refractivity contribution in [1.82, 2.24) is 0 Å². The van der Waals surface area contributed by atoms with Gasteiger partial charge in [0.1, 0.15) is 0 Å². The van der Waals surface area contributed by atoms with Gasteiger partial charge in [0.05, 0.1) is 28.2 Å². The summed E-state index contributed by atoms with van der Waals surface area (Å²) in [6.07, 6.45) is 0. The molecular formula is C15H12N2O3S. The van der Waals surface area contributed by atoms with E-state index in [9.17, 15) is 8.42 Å². The predicted octanol–water partition coefficient (Wildman–Crippen LogP) is 2.67. The van der Waals surface area contributed by atoms with Crippen LogP contribution in [-0.4, -0.2) is 13.0 Å². The average Bonchev–Trinajstić information content (AvgIpc) is 2.47. The Balaban J connectivity index is 0.000000211. The Morgan fingerprint density at radius 2 is 1.43 bits per heavy atom. The Morgan fingerprint density at radius 3 is 1.81 bits per heavy atom. The van der Waals surface area contributed by atoms with Crippen LogP contribution in [0.1, 0.15) is 16.7 Å². The molecule has 0 aliphatic heterocycles. The van der Waals surface area contributed by atoms with Crippen LogP contribution in [0, 0.1) is 29.6 Å². The van der Waals surface area contributed by atoms with E-state index in [0.29, 0.717) is 11.1 Å². The van der Waals surface area contributed by atoms with Gasteiger partial charge in [-0.3, -0.25) is 4.55 Å². The van der Waals surface area contributed by atoms with Gasteiger partial charge in [-0.2, -0.15) is 18.9 Å². The van der Waals surface area contributed by atoms with Gasteiger partial charge in [0.15, 0.2) is 0 Å². The fourth-order valence-electron chi connectivity index (χ4n) is 1.37. The SMILES string of the molecule is Cc1ccc(S(=O)(=O)O)cc1.N#Cc1cccc(C#N)c1. The van der Waals surface area contributed by atoms with Crippen LogP contribution >= 0.6 is 0 Å². The molecule has 0 saturated heterocycles. The van der Waals surface area contributed by atoms with Crippen molar-refractivity contribution in [2.24, 2.45) is 0 Å². The van der Waals surface area contributed by atoms with Crippen LogP contribution in [0.15, 0.2) is 53.4 Å². The normalized spacial score (nSPS) is 9.71. The van der Waals surface area contributed by atoms with Crippen LogP contribution < -0.4 is 0 Å². The highest BCUT2D eigenvalue weighted by molar-refractivity contribution is 7.85. The number of hydrogen-bond donors (Lipinski definition) is 1. The molecule has 5 nitrogen and oxygen atoms in total. The molecule has 2 aromatic carbocycles. The van der Waals surface area contributed by atoms with Gasteiger partial charge >= 0.3 is 0 Å². The van der Waals surface area contributed by atoms with Crippen molar-refractivity contribution in [1.29, 1.82) is 10.5 Å². The fourth-order valence-corrected chi connectivity index (χ4v) is 1.85. The van der Waals surface area contributed by atoms with Crippen LogP contribution in [0.2, 0.25) is 0 Å². The lowest BCUT2D eigenvalue weighted by Gasteiger charge is -1.95. The fraction of sp³-hybridized carbons (Fsp3) is 0.0667. The van der Waals surface area contributed by atoms with E-state index in [2.05, 4.69) is 0 Å². The summed E-state index contributed by atoms with van der Waals surface area (Å²) in [6, 6.07) is 16.5. The van der Waals surface area contributed by atoms with E-state index in [4.69, 9.17) is 15.1 Å².